The molecule has 142 valence electrons. The molecule has 0 aliphatic heterocycles. The van der Waals surface area contributed by atoms with Gasteiger partial charge in [0.05, 0.1) is 0 Å². The Morgan fingerprint density at radius 3 is 1.44 bits per heavy atom. The summed E-state index contributed by atoms with van der Waals surface area (Å²) in [7, 11) is 0. The first-order valence-electron chi connectivity index (χ1n) is 6.95. The first kappa shape index (κ1) is 21.8. The van der Waals surface area contributed by atoms with E-state index >= 15 is 0 Å². The first-order chi connectivity index (χ1) is 11.5. The summed E-state index contributed by atoms with van der Waals surface area (Å²) in [5.74, 6) is 0. The Kier molecular flexibility index (Phi) is 8.52. The van der Waals surface area contributed by atoms with E-state index in [1.165, 1.54) is 6.92 Å². The van der Waals surface area contributed by atoms with Crippen molar-refractivity contribution >= 4 is 30.5 Å². The highest BCUT2D eigenvalue weighted by atomic mass is 16.4. The molecule has 0 heterocycles. The molecule has 0 saturated carbocycles. The molecule has 1 atom stereocenters. The zero-order chi connectivity index (χ0) is 19.7. The maximum Gasteiger partial charge on any atom is 0.416 e. The first-order valence-corrected chi connectivity index (χ1v) is 6.95. The summed E-state index contributed by atoms with van der Waals surface area (Å²) in [5.41, 5.74) is 0. The third kappa shape index (κ3) is 7.24. The lowest BCUT2D eigenvalue weighted by atomic mass is 10.2. The fourth-order valence-electron chi connectivity index (χ4n) is 1.92. The molecule has 5 N–H and O–H groups in total. The van der Waals surface area contributed by atoms with Gasteiger partial charge in [-0.2, -0.15) is 0 Å². The van der Waals surface area contributed by atoms with Crippen LogP contribution in [0, 0.1) is 0 Å². The van der Waals surface area contributed by atoms with Crippen LogP contribution in [0.3, 0.4) is 0 Å². The van der Waals surface area contributed by atoms with Gasteiger partial charge in [-0.05, 0) is 19.8 Å². The summed E-state index contributed by atoms with van der Waals surface area (Å²) >= 11 is 0. The van der Waals surface area contributed by atoms with Crippen molar-refractivity contribution < 1.29 is 49.5 Å². The number of carboxylic acid groups (broad SMARTS) is 5. The van der Waals surface area contributed by atoms with Crippen LogP contribution < -0.4 is 0 Å². The van der Waals surface area contributed by atoms with E-state index < -0.39 is 49.6 Å². The zero-order valence-corrected chi connectivity index (χ0v) is 13.2. The minimum absolute atomic E-state index is 0.0985. The average Bonchev–Trinajstić information content (AvgIpc) is 2.44. The van der Waals surface area contributed by atoms with Gasteiger partial charge in [0.15, 0.2) is 0 Å². The van der Waals surface area contributed by atoms with Crippen LogP contribution in [0.2, 0.25) is 0 Å². The van der Waals surface area contributed by atoms with Crippen LogP contribution in [0.15, 0.2) is 0 Å². The minimum atomic E-state index is -1.69. The molecule has 0 aliphatic carbocycles. The fourth-order valence-corrected chi connectivity index (χ4v) is 1.92. The molecule has 13 heteroatoms. The highest BCUT2D eigenvalue weighted by Crippen LogP contribution is 2.08. The fraction of sp³-hybridized carbons (Fsp3) is 0.583. The van der Waals surface area contributed by atoms with Crippen LogP contribution in [0.25, 0.3) is 0 Å². The van der Waals surface area contributed by atoms with Crippen molar-refractivity contribution in [1.29, 1.82) is 0 Å². The van der Waals surface area contributed by atoms with E-state index in [2.05, 4.69) is 0 Å². The minimum Gasteiger partial charge on any atom is -0.465 e. The number of hydrogen-bond acceptors (Lipinski definition) is 5. The normalized spacial score (nSPS) is 11.2. The van der Waals surface area contributed by atoms with Crippen molar-refractivity contribution in [3.05, 3.63) is 0 Å². The molecule has 0 aromatic rings. The molecule has 0 bridgehead atoms. The molecule has 0 fully saturated rings. The Labute approximate surface area is 141 Å². The van der Waals surface area contributed by atoms with Crippen molar-refractivity contribution in [2.45, 2.75) is 25.8 Å². The van der Waals surface area contributed by atoms with E-state index in [0.717, 1.165) is 4.90 Å². The van der Waals surface area contributed by atoms with Gasteiger partial charge in [0.2, 0.25) is 0 Å². The second-order valence-electron chi connectivity index (χ2n) is 4.90. The van der Waals surface area contributed by atoms with Gasteiger partial charge >= 0.3 is 30.5 Å². The molecular formula is C12H19N3O10. The molecule has 5 amide bonds. The van der Waals surface area contributed by atoms with Crippen molar-refractivity contribution in [3.63, 3.8) is 0 Å². The monoisotopic (exact) mass is 365 g/mol. The highest BCUT2D eigenvalue weighted by Gasteiger charge is 2.25. The predicted octanol–water partition coefficient (Wildman–Crippen LogP) is 1.45. The summed E-state index contributed by atoms with van der Waals surface area (Å²) < 4.78 is 0. The van der Waals surface area contributed by atoms with Crippen molar-refractivity contribution in [2.24, 2.45) is 0 Å². The zero-order valence-electron chi connectivity index (χ0n) is 13.2. The quantitative estimate of drug-likeness (QED) is 0.419. The molecule has 1 unspecified atom stereocenters. The van der Waals surface area contributed by atoms with Gasteiger partial charge in [-0.1, -0.05) is 0 Å². The number of nitrogens with zero attached hydrogens (tertiary/aromatic N) is 3. The lowest BCUT2D eigenvalue weighted by Gasteiger charge is -2.28. The molecule has 13 nitrogen and oxygen atoms in total. The van der Waals surface area contributed by atoms with Crippen LogP contribution in [0.1, 0.15) is 19.8 Å². The summed E-state index contributed by atoms with van der Waals surface area (Å²) in [6.45, 7) is 0.305. The van der Waals surface area contributed by atoms with Gasteiger partial charge in [0.25, 0.3) is 0 Å². The van der Waals surface area contributed by atoms with Crippen molar-refractivity contribution in [1.82, 2.24) is 14.7 Å². The largest absolute Gasteiger partial charge is 0.465 e. The second-order valence-corrected chi connectivity index (χ2v) is 4.90. The van der Waals surface area contributed by atoms with Crippen LogP contribution in [0.5, 0.6) is 0 Å². The molecule has 25 heavy (non-hydrogen) atoms. The van der Waals surface area contributed by atoms with Crippen LogP contribution in [-0.4, -0.2) is 96.4 Å². The van der Waals surface area contributed by atoms with Gasteiger partial charge in [0.1, 0.15) is 0 Å². The second kappa shape index (κ2) is 9.79. The highest BCUT2D eigenvalue weighted by molar-refractivity contribution is 5.85. The average molecular weight is 365 g/mol. The maximum absolute atomic E-state index is 11.2. The van der Waals surface area contributed by atoms with Gasteiger partial charge in [0, 0.05) is 25.7 Å². The molecule has 0 spiro atoms. The molecule has 0 aromatic carbocycles. The topological polar surface area (TPSA) is 196 Å². The molecule has 0 rings (SSSR count). The lowest BCUT2D eigenvalue weighted by molar-refractivity contribution is 0.107. The maximum atomic E-state index is 11.2. The summed E-state index contributed by atoms with van der Waals surface area (Å²) in [6, 6.07) is -0.776. The molecule has 0 aliphatic rings. The SMILES string of the molecule is CC(CCN(C(=O)O)C(=O)O)N(CCCN(C(=O)O)C(=O)O)C(=O)O. The lowest BCUT2D eigenvalue weighted by Crippen LogP contribution is -2.43. The van der Waals surface area contributed by atoms with Gasteiger partial charge in [-0.3, -0.25) is 0 Å². The van der Waals surface area contributed by atoms with Gasteiger partial charge in [-0.25, -0.2) is 33.8 Å². The van der Waals surface area contributed by atoms with Crippen LogP contribution in [-0.2, 0) is 0 Å². The molecular weight excluding hydrogens is 346 g/mol. The molecule has 0 radical (unpaired) electrons. The van der Waals surface area contributed by atoms with E-state index in [1.54, 1.807) is 0 Å². The van der Waals surface area contributed by atoms with Crippen molar-refractivity contribution in [2.75, 3.05) is 19.6 Å². The van der Waals surface area contributed by atoms with E-state index in [0.29, 0.717) is 0 Å². The number of hydrogen-bond donors (Lipinski definition) is 5. The van der Waals surface area contributed by atoms with Crippen LogP contribution >= 0.6 is 0 Å². The Morgan fingerprint density at radius 2 is 1.08 bits per heavy atom. The summed E-state index contributed by atoms with van der Waals surface area (Å²) in [5, 5.41) is 43.9. The molecule has 0 aromatic heterocycles. The summed E-state index contributed by atoms with van der Waals surface area (Å²) in [6.07, 6.45) is -8.40. The van der Waals surface area contributed by atoms with Gasteiger partial charge < -0.3 is 30.4 Å². The third-order valence-electron chi connectivity index (χ3n) is 3.25. The van der Waals surface area contributed by atoms with Crippen molar-refractivity contribution in [3.8, 4) is 0 Å². The Balaban J connectivity index is 4.70. The standard InChI is InChI=1S/C12H19N3O10/c1-7(3-6-15(11(22)23)12(24)25)13(8(16)17)4-2-5-14(9(18)19)10(20)21/h7H,2-6H2,1H3,(H,16,17)(H,18,19)(H,20,21)(H,22,23)(H,24,25). The Bertz CT molecular complexity index is 509. The number of carbonyl (C=O) groups is 5. The summed E-state index contributed by atoms with van der Waals surface area (Å²) in [4.78, 5) is 55.1. The third-order valence-corrected chi connectivity index (χ3v) is 3.25. The number of rotatable bonds is 8. The van der Waals surface area contributed by atoms with E-state index in [1.807, 2.05) is 0 Å². The predicted molar refractivity (Wildman–Crippen MR) is 78.9 cm³/mol. The number of imide groups is 2. The van der Waals surface area contributed by atoms with E-state index in [4.69, 9.17) is 25.5 Å². The Hall–Kier alpha value is -3.25. The number of amides is 5. The Morgan fingerprint density at radius 1 is 0.680 bits per heavy atom. The van der Waals surface area contributed by atoms with Crippen LogP contribution in [0.4, 0.5) is 24.0 Å². The van der Waals surface area contributed by atoms with E-state index in [9.17, 15) is 24.0 Å². The van der Waals surface area contributed by atoms with E-state index in [-0.39, 0.29) is 29.2 Å². The smallest absolute Gasteiger partial charge is 0.416 e. The molecule has 0 saturated heterocycles. The van der Waals surface area contributed by atoms with Gasteiger partial charge in [-0.15, -0.1) is 0 Å².